The average molecular weight is 447 g/mol. The molecule has 1 N–H and O–H groups in total. The van der Waals surface area contributed by atoms with Crippen LogP contribution in [0.25, 0.3) is 0 Å². The number of hydrogen-bond donors (Lipinski definition) is 1. The standard InChI is InChI=1S/C20H26N6O2S2/c27-17(25-8-4-5-9-25)14-24-10-12-26(13-11-24)18(28)15-29-20-23-22-19(30-20)21-16-6-2-1-3-7-16/h1-3,6-7H,4-5,8-15H2,(H,21,22). The largest absolute Gasteiger partial charge is 0.342 e. The molecule has 0 radical (unpaired) electrons. The van der Waals surface area contributed by atoms with Crippen molar-refractivity contribution in [2.75, 3.05) is 56.9 Å². The van der Waals surface area contributed by atoms with Gasteiger partial charge in [-0.1, -0.05) is 41.3 Å². The fraction of sp³-hybridized carbons (Fsp3) is 0.500. The van der Waals surface area contributed by atoms with Crippen molar-refractivity contribution in [3.63, 3.8) is 0 Å². The maximum Gasteiger partial charge on any atom is 0.236 e. The summed E-state index contributed by atoms with van der Waals surface area (Å²) in [6, 6.07) is 9.81. The van der Waals surface area contributed by atoms with E-state index in [1.807, 2.05) is 40.1 Å². The number of likely N-dealkylation sites (tertiary alicyclic amines) is 1. The number of anilines is 2. The lowest BCUT2D eigenvalue weighted by Crippen LogP contribution is -2.51. The first kappa shape index (κ1) is 21.1. The summed E-state index contributed by atoms with van der Waals surface area (Å²) in [5.74, 6) is 0.685. The van der Waals surface area contributed by atoms with E-state index in [0.29, 0.717) is 30.5 Å². The van der Waals surface area contributed by atoms with Crippen LogP contribution in [0.5, 0.6) is 0 Å². The molecular formula is C20H26N6O2S2. The van der Waals surface area contributed by atoms with Gasteiger partial charge in [0.25, 0.3) is 0 Å². The molecule has 0 unspecified atom stereocenters. The molecule has 2 aromatic rings. The quantitative estimate of drug-likeness (QED) is 0.653. The summed E-state index contributed by atoms with van der Waals surface area (Å²) in [5.41, 5.74) is 0.961. The van der Waals surface area contributed by atoms with Crippen LogP contribution in [0.15, 0.2) is 34.7 Å². The maximum absolute atomic E-state index is 12.6. The van der Waals surface area contributed by atoms with Crippen molar-refractivity contribution in [1.82, 2.24) is 24.9 Å². The molecule has 10 heteroatoms. The highest BCUT2D eigenvalue weighted by molar-refractivity contribution is 8.01. The molecule has 2 amide bonds. The molecule has 2 fully saturated rings. The smallest absolute Gasteiger partial charge is 0.236 e. The predicted molar refractivity (Wildman–Crippen MR) is 119 cm³/mol. The number of piperazine rings is 1. The van der Waals surface area contributed by atoms with Gasteiger partial charge in [-0.3, -0.25) is 14.5 Å². The molecule has 2 aliphatic heterocycles. The number of carbonyl (C=O) groups excluding carboxylic acids is 2. The Hall–Kier alpha value is -2.17. The van der Waals surface area contributed by atoms with Crippen molar-refractivity contribution < 1.29 is 9.59 Å². The number of nitrogens with one attached hydrogen (secondary N) is 1. The number of thioether (sulfide) groups is 1. The topological polar surface area (TPSA) is 81.7 Å². The van der Waals surface area contributed by atoms with E-state index in [4.69, 9.17) is 0 Å². The summed E-state index contributed by atoms with van der Waals surface area (Å²) in [6.07, 6.45) is 2.23. The number of para-hydroxylation sites is 1. The summed E-state index contributed by atoms with van der Waals surface area (Å²) in [7, 11) is 0. The second-order valence-corrected chi connectivity index (χ2v) is 9.60. The highest BCUT2D eigenvalue weighted by atomic mass is 32.2. The lowest BCUT2D eigenvalue weighted by atomic mass is 10.3. The molecule has 4 rings (SSSR count). The Morgan fingerprint density at radius 2 is 1.63 bits per heavy atom. The molecule has 0 spiro atoms. The average Bonchev–Trinajstić information content (AvgIpc) is 3.46. The molecule has 1 aromatic carbocycles. The number of amides is 2. The van der Waals surface area contributed by atoms with Crippen molar-refractivity contribution in [3.05, 3.63) is 30.3 Å². The highest BCUT2D eigenvalue weighted by Crippen LogP contribution is 2.27. The summed E-state index contributed by atoms with van der Waals surface area (Å²) in [4.78, 5) is 30.8. The van der Waals surface area contributed by atoms with Crippen molar-refractivity contribution >= 4 is 45.7 Å². The number of carbonyl (C=O) groups is 2. The van der Waals surface area contributed by atoms with Gasteiger partial charge in [-0.25, -0.2) is 0 Å². The Labute approximate surface area is 184 Å². The molecule has 0 bridgehead atoms. The summed E-state index contributed by atoms with van der Waals surface area (Å²) < 4.78 is 0.775. The van der Waals surface area contributed by atoms with E-state index in [1.54, 1.807) is 0 Å². The summed E-state index contributed by atoms with van der Waals surface area (Å²) in [5, 5.41) is 12.2. The third-order valence-corrected chi connectivity index (χ3v) is 7.25. The minimum atomic E-state index is 0.110. The van der Waals surface area contributed by atoms with Crippen molar-refractivity contribution in [2.45, 2.75) is 17.2 Å². The first-order chi connectivity index (χ1) is 14.7. The first-order valence-corrected chi connectivity index (χ1v) is 12.0. The number of nitrogens with zero attached hydrogens (tertiary/aromatic N) is 5. The normalized spacial score (nSPS) is 17.3. The molecule has 2 aliphatic rings. The van der Waals surface area contributed by atoms with Gasteiger partial charge in [0.05, 0.1) is 12.3 Å². The minimum absolute atomic E-state index is 0.110. The zero-order valence-corrected chi connectivity index (χ0v) is 18.5. The Morgan fingerprint density at radius 1 is 0.933 bits per heavy atom. The molecule has 0 atom stereocenters. The van der Waals surface area contributed by atoms with E-state index >= 15 is 0 Å². The van der Waals surface area contributed by atoms with E-state index in [1.165, 1.54) is 23.1 Å². The molecular weight excluding hydrogens is 420 g/mol. The zero-order valence-electron chi connectivity index (χ0n) is 16.8. The van der Waals surface area contributed by atoms with Crippen molar-refractivity contribution in [1.29, 1.82) is 0 Å². The molecule has 8 nitrogen and oxygen atoms in total. The van der Waals surface area contributed by atoms with E-state index in [0.717, 1.165) is 49.0 Å². The number of rotatable bonds is 7. The monoisotopic (exact) mass is 446 g/mol. The number of aromatic nitrogens is 2. The van der Waals surface area contributed by atoms with E-state index in [2.05, 4.69) is 20.4 Å². The van der Waals surface area contributed by atoms with E-state index in [9.17, 15) is 9.59 Å². The summed E-state index contributed by atoms with van der Waals surface area (Å²) in [6.45, 7) is 5.09. The second kappa shape index (κ2) is 10.2. The van der Waals surface area contributed by atoms with Gasteiger partial charge in [-0.2, -0.15) is 0 Å². The van der Waals surface area contributed by atoms with Gasteiger partial charge >= 0.3 is 0 Å². The lowest BCUT2D eigenvalue weighted by molar-refractivity contribution is -0.133. The molecule has 1 aromatic heterocycles. The second-order valence-electron chi connectivity index (χ2n) is 7.40. The molecule has 0 aliphatic carbocycles. The van der Waals surface area contributed by atoms with Crippen LogP contribution >= 0.6 is 23.1 Å². The molecule has 3 heterocycles. The van der Waals surface area contributed by atoms with Crippen LogP contribution in [0.2, 0.25) is 0 Å². The van der Waals surface area contributed by atoms with Gasteiger partial charge < -0.3 is 15.1 Å². The lowest BCUT2D eigenvalue weighted by Gasteiger charge is -2.35. The third kappa shape index (κ3) is 5.71. The van der Waals surface area contributed by atoms with Crippen LogP contribution < -0.4 is 5.32 Å². The van der Waals surface area contributed by atoms with Gasteiger partial charge in [0, 0.05) is 45.0 Å². The fourth-order valence-electron chi connectivity index (χ4n) is 3.59. The van der Waals surface area contributed by atoms with Crippen LogP contribution in [0.4, 0.5) is 10.8 Å². The molecule has 30 heavy (non-hydrogen) atoms. The Balaban J connectivity index is 1.18. The highest BCUT2D eigenvalue weighted by Gasteiger charge is 2.25. The maximum atomic E-state index is 12.6. The first-order valence-electron chi connectivity index (χ1n) is 10.2. The number of benzene rings is 1. The van der Waals surface area contributed by atoms with Gasteiger partial charge in [-0.15, -0.1) is 10.2 Å². The summed E-state index contributed by atoms with van der Waals surface area (Å²) >= 11 is 2.87. The molecule has 2 saturated heterocycles. The predicted octanol–water partition coefficient (Wildman–Crippen LogP) is 2.14. The zero-order chi connectivity index (χ0) is 20.8. The van der Waals surface area contributed by atoms with Crippen LogP contribution in [-0.4, -0.2) is 88.3 Å². The Morgan fingerprint density at radius 3 is 2.37 bits per heavy atom. The van der Waals surface area contributed by atoms with Crippen LogP contribution in [0.1, 0.15) is 12.8 Å². The van der Waals surface area contributed by atoms with E-state index in [-0.39, 0.29) is 11.8 Å². The van der Waals surface area contributed by atoms with Crippen molar-refractivity contribution in [2.24, 2.45) is 0 Å². The molecule has 160 valence electrons. The Kier molecular flexibility index (Phi) is 7.19. The van der Waals surface area contributed by atoms with Gasteiger partial charge in [0.2, 0.25) is 16.9 Å². The fourth-order valence-corrected chi connectivity index (χ4v) is 5.27. The minimum Gasteiger partial charge on any atom is -0.342 e. The van der Waals surface area contributed by atoms with Crippen LogP contribution in [-0.2, 0) is 9.59 Å². The SMILES string of the molecule is O=C(CSc1nnc(Nc2ccccc2)s1)N1CCN(CC(=O)N2CCCC2)CC1. The van der Waals surface area contributed by atoms with Crippen LogP contribution in [0, 0.1) is 0 Å². The Bertz CT molecular complexity index is 848. The third-order valence-electron chi connectivity index (χ3n) is 5.29. The molecule has 0 saturated carbocycles. The number of hydrogen-bond acceptors (Lipinski definition) is 8. The van der Waals surface area contributed by atoms with Gasteiger partial charge in [0.15, 0.2) is 4.34 Å². The van der Waals surface area contributed by atoms with Crippen LogP contribution in [0.3, 0.4) is 0 Å². The van der Waals surface area contributed by atoms with Crippen molar-refractivity contribution in [3.8, 4) is 0 Å². The van der Waals surface area contributed by atoms with Gasteiger partial charge in [0.1, 0.15) is 0 Å². The van der Waals surface area contributed by atoms with E-state index < -0.39 is 0 Å². The van der Waals surface area contributed by atoms with Gasteiger partial charge in [-0.05, 0) is 25.0 Å².